The van der Waals surface area contributed by atoms with Gasteiger partial charge >= 0.3 is 0 Å². The van der Waals surface area contributed by atoms with Crippen molar-refractivity contribution in [3.05, 3.63) is 72.7 Å². The minimum absolute atomic E-state index is 0.0121. The molecule has 1 aliphatic carbocycles. The van der Waals surface area contributed by atoms with Crippen LogP contribution in [0.1, 0.15) is 43.7 Å². The fourth-order valence-electron chi connectivity index (χ4n) is 6.35. The number of fused-ring (bicyclic) bond motifs is 1. The number of aromatic nitrogens is 3. The standard InChI is InChI=1S/C32H39N7O/c1-37-17-19-38(20-18-37)26-12-14-27(15-13-26)39-21-28(30-31(33)34-22-35-32(30)39)24-8-10-25(11-9-24)36-29(40)16-7-23-5-3-2-4-6-23/h2-6,8-11,21-22,26-27H,7,12-20H2,1H3,(H,36,40)(H2,33,34,35)/t26-,27-. The monoisotopic (exact) mass is 537 g/mol. The second-order valence-electron chi connectivity index (χ2n) is 11.3. The molecule has 0 atom stereocenters. The molecule has 2 aromatic carbocycles. The number of aryl methyl sites for hydroxylation is 1. The van der Waals surface area contributed by atoms with Crippen molar-refractivity contribution in [3.8, 4) is 11.1 Å². The van der Waals surface area contributed by atoms with Crippen LogP contribution in [-0.4, -0.2) is 69.5 Å². The number of rotatable bonds is 7. The maximum atomic E-state index is 12.5. The van der Waals surface area contributed by atoms with E-state index < -0.39 is 0 Å². The van der Waals surface area contributed by atoms with E-state index in [-0.39, 0.29) is 5.91 Å². The van der Waals surface area contributed by atoms with Crippen molar-refractivity contribution >= 4 is 28.4 Å². The summed E-state index contributed by atoms with van der Waals surface area (Å²) in [5.41, 5.74) is 11.4. The Balaban J connectivity index is 1.15. The van der Waals surface area contributed by atoms with Gasteiger partial charge in [-0.1, -0.05) is 42.5 Å². The molecule has 3 heterocycles. The third-order valence-electron chi connectivity index (χ3n) is 8.72. The number of anilines is 2. The van der Waals surface area contributed by atoms with Crippen molar-refractivity contribution in [1.29, 1.82) is 0 Å². The van der Waals surface area contributed by atoms with Crippen LogP contribution in [0.15, 0.2) is 67.1 Å². The quantitative estimate of drug-likeness (QED) is 0.345. The van der Waals surface area contributed by atoms with Gasteiger partial charge in [0.2, 0.25) is 5.91 Å². The van der Waals surface area contributed by atoms with Crippen LogP contribution in [0.3, 0.4) is 0 Å². The van der Waals surface area contributed by atoms with Crippen molar-refractivity contribution in [2.75, 3.05) is 44.3 Å². The van der Waals surface area contributed by atoms with Crippen LogP contribution in [0, 0.1) is 0 Å². The minimum Gasteiger partial charge on any atom is -0.383 e. The summed E-state index contributed by atoms with van der Waals surface area (Å²) in [6, 6.07) is 19.2. The number of likely N-dealkylation sites (N-methyl/N-ethyl adjacent to an activating group) is 1. The molecule has 6 rings (SSSR count). The number of nitrogens with one attached hydrogen (secondary N) is 1. The number of nitrogens with two attached hydrogens (primary N) is 1. The summed E-state index contributed by atoms with van der Waals surface area (Å²) < 4.78 is 2.34. The van der Waals surface area contributed by atoms with Gasteiger partial charge in [-0.05, 0) is 62.4 Å². The number of benzene rings is 2. The molecule has 2 aromatic heterocycles. The van der Waals surface area contributed by atoms with Crippen molar-refractivity contribution in [1.82, 2.24) is 24.3 Å². The van der Waals surface area contributed by atoms with E-state index in [2.05, 4.69) is 42.9 Å². The van der Waals surface area contributed by atoms with Crippen LogP contribution < -0.4 is 11.1 Å². The summed E-state index contributed by atoms with van der Waals surface area (Å²) in [6.45, 7) is 4.68. The molecule has 8 nitrogen and oxygen atoms in total. The number of nitrogen functional groups attached to an aromatic ring is 1. The SMILES string of the molecule is CN1CCN([C@H]2CC[C@H](n3cc(-c4ccc(NC(=O)CCc5ccccc5)cc4)c4c(N)ncnc43)CC2)CC1. The van der Waals surface area contributed by atoms with E-state index in [4.69, 9.17) is 5.73 Å². The van der Waals surface area contributed by atoms with Crippen molar-refractivity contribution in [2.24, 2.45) is 0 Å². The van der Waals surface area contributed by atoms with Gasteiger partial charge in [0.05, 0.1) is 5.39 Å². The zero-order chi connectivity index (χ0) is 27.5. The molecule has 1 saturated carbocycles. The first-order valence-electron chi connectivity index (χ1n) is 14.5. The molecule has 1 amide bonds. The number of nitrogens with zero attached hydrogens (tertiary/aromatic N) is 5. The van der Waals surface area contributed by atoms with Gasteiger partial charge in [0.15, 0.2) is 0 Å². The van der Waals surface area contributed by atoms with Crippen LogP contribution in [0.2, 0.25) is 0 Å². The first-order chi connectivity index (χ1) is 19.5. The number of piperazine rings is 1. The van der Waals surface area contributed by atoms with E-state index >= 15 is 0 Å². The number of carbonyl (C=O) groups is 1. The zero-order valence-corrected chi connectivity index (χ0v) is 23.3. The predicted octanol–water partition coefficient (Wildman–Crippen LogP) is 4.98. The van der Waals surface area contributed by atoms with Gasteiger partial charge in [-0.3, -0.25) is 9.69 Å². The third-order valence-corrected chi connectivity index (χ3v) is 8.72. The molecule has 0 radical (unpaired) electrons. The van der Waals surface area contributed by atoms with Crippen LogP contribution in [0.25, 0.3) is 22.2 Å². The Labute approximate surface area is 236 Å². The van der Waals surface area contributed by atoms with Crippen molar-refractivity contribution in [2.45, 2.75) is 50.6 Å². The summed E-state index contributed by atoms with van der Waals surface area (Å²) in [7, 11) is 2.22. The van der Waals surface area contributed by atoms with Gasteiger partial charge in [-0.25, -0.2) is 9.97 Å². The molecule has 3 N–H and O–H groups in total. The van der Waals surface area contributed by atoms with E-state index in [1.54, 1.807) is 6.33 Å². The van der Waals surface area contributed by atoms with Crippen LogP contribution in [0.4, 0.5) is 11.5 Å². The molecule has 2 aliphatic rings. The lowest BCUT2D eigenvalue weighted by atomic mass is 9.89. The number of hydrogen-bond acceptors (Lipinski definition) is 6. The number of hydrogen-bond donors (Lipinski definition) is 2. The van der Waals surface area contributed by atoms with Gasteiger partial charge in [0.25, 0.3) is 0 Å². The van der Waals surface area contributed by atoms with Crippen LogP contribution >= 0.6 is 0 Å². The van der Waals surface area contributed by atoms with Crippen LogP contribution in [0.5, 0.6) is 0 Å². The molecule has 8 heteroatoms. The highest BCUT2D eigenvalue weighted by molar-refractivity contribution is 6.01. The largest absolute Gasteiger partial charge is 0.383 e. The fraction of sp³-hybridized carbons (Fsp3) is 0.406. The Hall–Kier alpha value is -3.75. The molecule has 208 valence electrons. The van der Waals surface area contributed by atoms with E-state index in [1.165, 1.54) is 25.9 Å². The molecule has 1 aliphatic heterocycles. The lowest BCUT2D eigenvalue weighted by molar-refractivity contribution is -0.116. The zero-order valence-electron chi connectivity index (χ0n) is 23.3. The van der Waals surface area contributed by atoms with Gasteiger partial charge in [0, 0.05) is 62.1 Å². The lowest BCUT2D eigenvalue weighted by Gasteiger charge is -2.41. The molecule has 1 saturated heterocycles. The third kappa shape index (κ3) is 5.74. The summed E-state index contributed by atoms with van der Waals surface area (Å²) in [6.07, 6.45) is 9.65. The first-order valence-corrected chi connectivity index (χ1v) is 14.5. The predicted molar refractivity (Wildman–Crippen MR) is 161 cm³/mol. The highest BCUT2D eigenvalue weighted by Crippen LogP contribution is 2.39. The molecule has 40 heavy (non-hydrogen) atoms. The number of amides is 1. The van der Waals surface area contributed by atoms with E-state index in [0.29, 0.717) is 24.3 Å². The average Bonchev–Trinajstić information content (AvgIpc) is 3.39. The number of carbonyl (C=O) groups excluding carboxylic acids is 1. The second-order valence-corrected chi connectivity index (χ2v) is 11.3. The van der Waals surface area contributed by atoms with Gasteiger partial charge in [-0.15, -0.1) is 0 Å². The molecule has 0 bridgehead atoms. The summed E-state index contributed by atoms with van der Waals surface area (Å²) in [5, 5.41) is 3.94. The summed E-state index contributed by atoms with van der Waals surface area (Å²) >= 11 is 0. The van der Waals surface area contributed by atoms with Crippen molar-refractivity contribution < 1.29 is 4.79 Å². The Bertz CT molecular complexity index is 1430. The highest BCUT2D eigenvalue weighted by atomic mass is 16.1. The van der Waals surface area contributed by atoms with Crippen LogP contribution in [-0.2, 0) is 11.2 Å². The molecular weight excluding hydrogens is 498 g/mol. The highest BCUT2D eigenvalue weighted by Gasteiger charge is 2.30. The average molecular weight is 538 g/mol. The van der Waals surface area contributed by atoms with E-state index in [1.807, 2.05) is 54.6 Å². The topological polar surface area (TPSA) is 92.3 Å². The second kappa shape index (κ2) is 11.8. The Morgan fingerprint density at radius 3 is 2.35 bits per heavy atom. The van der Waals surface area contributed by atoms with E-state index in [0.717, 1.165) is 65.8 Å². The fourth-order valence-corrected chi connectivity index (χ4v) is 6.35. The maximum Gasteiger partial charge on any atom is 0.224 e. The molecule has 2 fully saturated rings. The normalized spacial score (nSPS) is 20.5. The minimum atomic E-state index is 0.0121. The summed E-state index contributed by atoms with van der Waals surface area (Å²) in [5.74, 6) is 0.515. The summed E-state index contributed by atoms with van der Waals surface area (Å²) in [4.78, 5) is 26.6. The molecule has 4 aromatic rings. The van der Waals surface area contributed by atoms with Gasteiger partial charge < -0.3 is 20.5 Å². The Morgan fingerprint density at radius 1 is 0.925 bits per heavy atom. The maximum absolute atomic E-state index is 12.5. The Morgan fingerprint density at radius 2 is 1.62 bits per heavy atom. The Kier molecular flexibility index (Phi) is 7.80. The molecule has 0 unspecified atom stereocenters. The van der Waals surface area contributed by atoms with Gasteiger partial charge in [-0.2, -0.15) is 0 Å². The molecular formula is C32H39N7O. The molecule has 0 spiro atoms. The first kappa shape index (κ1) is 26.5. The van der Waals surface area contributed by atoms with Crippen molar-refractivity contribution in [3.63, 3.8) is 0 Å². The van der Waals surface area contributed by atoms with E-state index in [9.17, 15) is 4.79 Å². The smallest absolute Gasteiger partial charge is 0.224 e. The van der Waals surface area contributed by atoms with Gasteiger partial charge in [0.1, 0.15) is 17.8 Å². The lowest BCUT2D eigenvalue weighted by Crippen LogP contribution is -2.49.